The number of aryl methyl sites for hydroxylation is 1. The summed E-state index contributed by atoms with van der Waals surface area (Å²) >= 11 is 1.85. The second-order valence-electron chi connectivity index (χ2n) is 5.28. The van der Waals surface area contributed by atoms with E-state index < -0.39 is 0 Å². The molecule has 0 unspecified atom stereocenters. The van der Waals surface area contributed by atoms with E-state index in [1.165, 1.54) is 28.8 Å². The van der Waals surface area contributed by atoms with Crippen LogP contribution >= 0.6 is 11.3 Å². The SMILES string of the molecule is Cc1ccsc1CNCC1(c2ccccc2)CC1. The molecule has 0 saturated heterocycles. The van der Waals surface area contributed by atoms with Gasteiger partial charge < -0.3 is 5.32 Å². The summed E-state index contributed by atoms with van der Waals surface area (Å²) in [4.78, 5) is 1.47. The minimum absolute atomic E-state index is 0.423. The van der Waals surface area contributed by atoms with E-state index in [-0.39, 0.29) is 0 Å². The Morgan fingerprint density at radius 3 is 2.56 bits per heavy atom. The molecule has 1 aliphatic rings. The molecule has 0 amide bonds. The molecule has 0 radical (unpaired) electrons. The molecule has 18 heavy (non-hydrogen) atoms. The van der Waals surface area contributed by atoms with Crippen LogP contribution in [-0.2, 0) is 12.0 Å². The Balaban J connectivity index is 1.59. The molecule has 2 aromatic rings. The molecule has 1 aromatic carbocycles. The Bertz CT molecular complexity index is 511. The molecule has 1 saturated carbocycles. The molecule has 0 bridgehead atoms. The van der Waals surface area contributed by atoms with Crippen LogP contribution in [0.1, 0.15) is 28.8 Å². The highest BCUT2D eigenvalue weighted by atomic mass is 32.1. The topological polar surface area (TPSA) is 12.0 Å². The van der Waals surface area contributed by atoms with Gasteiger partial charge in [-0.1, -0.05) is 30.3 Å². The molecular weight excluding hydrogens is 238 g/mol. The molecule has 1 fully saturated rings. The van der Waals surface area contributed by atoms with Crippen LogP contribution in [0.4, 0.5) is 0 Å². The van der Waals surface area contributed by atoms with Crippen molar-refractivity contribution in [2.75, 3.05) is 6.54 Å². The van der Waals surface area contributed by atoms with E-state index in [2.05, 4.69) is 54.0 Å². The second-order valence-corrected chi connectivity index (χ2v) is 6.28. The van der Waals surface area contributed by atoms with E-state index in [9.17, 15) is 0 Å². The normalized spacial score (nSPS) is 16.7. The van der Waals surface area contributed by atoms with Gasteiger partial charge in [-0.25, -0.2) is 0 Å². The summed E-state index contributed by atoms with van der Waals surface area (Å²) in [6, 6.07) is 13.1. The summed E-state index contributed by atoms with van der Waals surface area (Å²) in [7, 11) is 0. The van der Waals surface area contributed by atoms with Gasteiger partial charge in [0.15, 0.2) is 0 Å². The standard InChI is InChI=1S/C16H19NS/c1-13-7-10-18-15(13)11-17-12-16(8-9-16)14-5-3-2-4-6-14/h2-7,10,17H,8-9,11-12H2,1H3. The molecule has 1 heterocycles. The van der Waals surface area contributed by atoms with Crippen molar-refractivity contribution in [3.05, 3.63) is 57.8 Å². The van der Waals surface area contributed by atoms with Crippen LogP contribution in [0, 0.1) is 6.92 Å². The summed E-state index contributed by atoms with van der Waals surface area (Å²) < 4.78 is 0. The van der Waals surface area contributed by atoms with Crippen molar-refractivity contribution in [1.29, 1.82) is 0 Å². The number of hydrogen-bond donors (Lipinski definition) is 1. The van der Waals surface area contributed by atoms with Gasteiger partial charge in [0.1, 0.15) is 0 Å². The molecule has 3 rings (SSSR count). The summed E-state index contributed by atoms with van der Waals surface area (Å²) in [6.45, 7) is 4.31. The molecule has 1 nitrogen and oxygen atoms in total. The third-order valence-electron chi connectivity index (χ3n) is 3.96. The summed E-state index contributed by atoms with van der Waals surface area (Å²) in [6.07, 6.45) is 2.65. The zero-order chi connectivity index (χ0) is 12.4. The Hall–Kier alpha value is -1.12. The fourth-order valence-electron chi connectivity index (χ4n) is 2.51. The first-order chi connectivity index (χ1) is 8.80. The van der Waals surface area contributed by atoms with Crippen molar-refractivity contribution in [3.63, 3.8) is 0 Å². The average Bonchev–Trinajstić information content (AvgIpc) is 3.09. The largest absolute Gasteiger partial charge is 0.311 e. The van der Waals surface area contributed by atoms with Gasteiger partial charge in [-0.3, -0.25) is 0 Å². The first-order valence-corrected chi connectivity index (χ1v) is 7.47. The van der Waals surface area contributed by atoms with E-state index in [1.54, 1.807) is 0 Å². The third kappa shape index (κ3) is 2.36. The number of thiophene rings is 1. The lowest BCUT2D eigenvalue weighted by atomic mass is 9.96. The minimum atomic E-state index is 0.423. The number of benzene rings is 1. The van der Waals surface area contributed by atoms with Crippen LogP contribution in [0.25, 0.3) is 0 Å². The number of rotatable bonds is 5. The Labute approximate surface area is 113 Å². The Morgan fingerprint density at radius 2 is 1.94 bits per heavy atom. The highest BCUT2D eigenvalue weighted by molar-refractivity contribution is 7.10. The van der Waals surface area contributed by atoms with Crippen molar-refractivity contribution in [2.45, 2.75) is 31.7 Å². The fraction of sp³-hybridized carbons (Fsp3) is 0.375. The third-order valence-corrected chi connectivity index (χ3v) is 4.98. The van der Waals surface area contributed by atoms with Crippen molar-refractivity contribution >= 4 is 11.3 Å². The van der Waals surface area contributed by atoms with Crippen molar-refractivity contribution in [2.24, 2.45) is 0 Å². The zero-order valence-corrected chi connectivity index (χ0v) is 11.6. The zero-order valence-electron chi connectivity index (χ0n) is 10.8. The molecule has 94 valence electrons. The lowest BCUT2D eigenvalue weighted by molar-refractivity contribution is 0.576. The monoisotopic (exact) mass is 257 g/mol. The van der Waals surface area contributed by atoms with Gasteiger partial charge in [-0.05, 0) is 42.3 Å². The van der Waals surface area contributed by atoms with Crippen LogP contribution in [-0.4, -0.2) is 6.54 Å². The molecular formula is C16H19NS. The second kappa shape index (κ2) is 4.87. The molecule has 2 heteroatoms. The van der Waals surface area contributed by atoms with Crippen molar-refractivity contribution in [3.8, 4) is 0 Å². The lowest BCUT2D eigenvalue weighted by Gasteiger charge is -2.16. The van der Waals surface area contributed by atoms with Gasteiger partial charge in [0.05, 0.1) is 0 Å². The maximum absolute atomic E-state index is 3.64. The summed E-state index contributed by atoms with van der Waals surface area (Å²) in [5.74, 6) is 0. The minimum Gasteiger partial charge on any atom is -0.311 e. The maximum Gasteiger partial charge on any atom is 0.0302 e. The van der Waals surface area contributed by atoms with E-state index in [0.29, 0.717) is 5.41 Å². The van der Waals surface area contributed by atoms with Crippen molar-refractivity contribution in [1.82, 2.24) is 5.32 Å². The maximum atomic E-state index is 3.64. The van der Waals surface area contributed by atoms with Gasteiger partial charge in [0.25, 0.3) is 0 Å². The summed E-state index contributed by atoms with van der Waals surface area (Å²) in [5.41, 5.74) is 3.34. The number of nitrogens with one attached hydrogen (secondary N) is 1. The molecule has 0 spiro atoms. The van der Waals surface area contributed by atoms with Crippen LogP contribution in [0.3, 0.4) is 0 Å². The average molecular weight is 257 g/mol. The molecule has 1 aliphatic carbocycles. The molecule has 0 atom stereocenters. The van der Waals surface area contributed by atoms with E-state index in [1.807, 2.05) is 11.3 Å². The van der Waals surface area contributed by atoms with Crippen LogP contribution in [0.15, 0.2) is 41.8 Å². The highest BCUT2D eigenvalue weighted by Crippen LogP contribution is 2.47. The highest BCUT2D eigenvalue weighted by Gasteiger charge is 2.43. The van der Waals surface area contributed by atoms with Crippen LogP contribution < -0.4 is 5.32 Å². The Kier molecular flexibility index (Phi) is 3.23. The summed E-state index contributed by atoms with van der Waals surface area (Å²) in [5, 5.41) is 5.82. The van der Waals surface area contributed by atoms with E-state index in [0.717, 1.165) is 13.1 Å². The molecule has 1 N–H and O–H groups in total. The van der Waals surface area contributed by atoms with Gasteiger partial charge >= 0.3 is 0 Å². The smallest absolute Gasteiger partial charge is 0.0302 e. The van der Waals surface area contributed by atoms with Gasteiger partial charge in [-0.2, -0.15) is 0 Å². The predicted octanol–water partition coefficient (Wildman–Crippen LogP) is 3.88. The van der Waals surface area contributed by atoms with Gasteiger partial charge in [-0.15, -0.1) is 11.3 Å². The van der Waals surface area contributed by atoms with E-state index in [4.69, 9.17) is 0 Å². The fourth-order valence-corrected chi connectivity index (χ4v) is 3.39. The first kappa shape index (κ1) is 11.9. The van der Waals surface area contributed by atoms with Gasteiger partial charge in [0, 0.05) is 23.4 Å². The lowest BCUT2D eigenvalue weighted by Crippen LogP contribution is -2.26. The first-order valence-electron chi connectivity index (χ1n) is 6.59. The van der Waals surface area contributed by atoms with E-state index >= 15 is 0 Å². The van der Waals surface area contributed by atoms with Crippen molar-refractivity contribution < 1.29 is 0 Å². The van der Waals surface area contributed by atoms with Crippen LogP contribution in [0.5, 0.6) is 0 Å². The number of hydrogen-bond acceptors (Lipinski definition) is 2. The predicted molar refractivity (Wildman–Crippen MR) is 78.1 cm³/mol. The quantitative estimate of drug-likeness (QED) is 0.857. The molecule has 1 aromatic heterocycles. The van der Waals surface area contributed by atoms with Gasteiger partial charge in [0.2, 0.25) is 0 Å². The van der Waals surface area contributed by atoms with Crippen LogP contribution in [0.2, 0.25) is 0 Å². The molecule has 0 aliphatic heterocycles. The Morgan fingerprint density at radius 1 is 1.17 bits per heavy atom.